The van der Waals surface area contributed by atoms with Crippen molar-refractivity contribution in [2.75, 3.05) is 18.0 Å². The number of nitriles is 1. The van der Waals surface area contributed by atoms with Gasteiger partial charge >= 0.3 is 6.03 Å². The monoisotopic (exact) mass is 230 g/mol. The number of benzene rings is 1. The van der Waals surface area contributed by atoms with Crippen LogP contribution in [0.15, 0.2) is 24.3 Å². The smallest absolute Gasteiger partial charge is 0.322 e. The molecule has 1 aromatic carbocycles. The molecule has 0 aliphatic carbocycles. The topological polar surface area (TPSA) is 82.2 Å². The Kier molecular flexibility index (Phi) is 3.26. The lowest BCUT2D eigenvalue weighted by Crippen LogP contribution is -2.29. The summed E-state index contributed by atoms with van der Waals surface area (Å²) in [6.45, 7) is 1.19. The molecular formula is C12H14N4O. The lowest BCUT2D eigenvalue weighted by atomic mass is 10.2. The maximum Gasteiger partial charge on any atom is 0.322 e. The Balaban J connectivity index is 2.12. The molecule has 88 valence electrons. The first kappa shape index (κ1) is 11.4. The second-order valence-electron chi connectivity index (χ2n) is 3.99. The minimum absolute atomic E-state index is 0.104. The van der Waals surface area contributed by atoms with E-state index >= 15 is 0 Å². The van der Waals surface area contributed by atoms with E-state index < -0.39 is 0 Å². The van der Waals surface area contributed by atoms with Crippen LogP contribution in [0.5, 0.6) is 0 Å². The Hall–Kier alpha value is -2.06. The minimum Gasteiger partial charge on any atom is -0.333 e. The first-order chi connectivity index (χ1) is 8.24. The first-order valence-electron chi connectivity index (χ1n) is 5.53. The van der Waals surface area contributed by atoms with E-state index in [0.717, 1.165) is 12.1 Å². The normalized spacial score (nSPS) is 18.9. The highest BCUT2D eigenvalue weighted by Crippen LogP contribution is 2.19. The maximum absolute atomic E-state index is 11.7. The second kappa shape index (κ2) is 4.85. The van der Waals surface area contributed by atoms with Crippen molar-refractivity contribution >= 4 is 11.7 Å². The van der Waals surface area contributed by atoms with Crippen LogP contribution >= 0.6 is 0 Å². The predicted octanol–water partition coefficient (Wildman–Crippen LogP) is 0.805. The molecule has 0 bridgehead atoms. The van der Waals surface area contributed by atoms with Gasteiger partial charge in [-0.1, -0.05) is 0 Å². The van der Waals surface area contributed by atoms with Crippen molar-refractivity contribution in [3.05, 3.63) is 29.8 Å². The Morgan fingerprint density at radius 3 is 2.76 bits per heavy atom. The van der Waals surface area contributed by atoms with Gasteiger partial charge in [0.1, 0.15) is 0 Å². The summed E-state index contributed by atoms with van der Waals surface area (Å²) >= 11 is 0. The number of nitrogens with two attached hydrogens (primary N) is 1. The molecule has 1 saturated heterocycles. The van der Waals surface area contributed by atoms with Gasteiger partial charge in [0.25, 0.3) is 0 Å². The van der Waals surface area contributed by atoms with Gasteiger partial charge in [-0.2, -0.15) is 5.26 Å². The number of amides is 2. The summed E-state index contributed by atoms with van der Waals surface area (Å²) in [6.07, 6.45) is 0.776. The molecule has 1 atom stereocenters. The summed E-state index contributed by atoms with van der Waals surface area (Å²) in [5, 5.41) is 11.6. The third-order valence-corrected chi connectivity index (χ3v) is 2.80. The van der Waals surface area contributed by atoms with Crippen molar-refractivity contribution < 1.29 is 4.79 Å². The van der Waals surface area contributed by atoms with E-state index in [4.69, 9.17) is 11.0 Å². The van der Waals surface area contributed by atoms with Crippen LogP contribution in [-0.4, -0.2) is 25.2 Å². The fourth-order valence-corrected chi connectivity index (χ4v) is 1.90. The van der Waals surface area contributed by atoms with Gasteiger partial charge in [-0.3, -0.25) is 4.90 Å². The van der Waals surface area contributed by atoms with E-state index in [1.807, 2.05) is 6.07 Å². The van der Waals surface area contributed by atoms with E-state index in [-0.39, 0.29) is 12.1 Å². The highest BCUT2D eigenvalue weighted by Gasteiger charge is 2.28. The quantitative estimate of drug-likeness (QED) is 0.806. The lowest BCUT2D eigenvalue weighted by molar-refractivity contribution is 0.250. The zero-order valence-electron chi connectivity index (χ0n) is 9.39. The number of urea groups is 1. The summed E-state index contributed by atoms with van der Waals surface area (Å²) in [4.78, 5) is 13.4. The molecule has 1 fully saturated rings. The number of hydrogen-bond donors (Lipinski definition) is 2. The molecule has 17 heavy (non-hydrogen) atoms. The molecule has 5 nitrogen and oxygen atoms in total. The third kappa shape index (κ3) is 2.37. The van der Waals surface area contributed by atoms with Crippen LogP contribution in [-0.2, 0) is 0 Å². The van der Waals surface area contributed by atoms with Gasteiger partial charge in [-0.15, -0.1) is 0 Å². The molecule has 5 heteroatoms. The van der Waals surface area contributed by atoms with Gasteiger partial charge in [0.2, 0.25) is 0 Å². The van der Waals surface area contributed by atoms with Crippen LogP contribution in [0.3, 0.4) is 0 Å². The summed E-state index contributed by atoms with van der Waals surface area (Å²) in [5.41, 5.74) is 6.87. The van der Waals surface area contributed by atoms with Crippen molar-refractivity contribution in [3.63, 3.8) is 0 Å². The number of carbonyl (C=O) groups excluding carboxylic acids is 1. The average molecular weight is 230 g/mol. The SMILES string of the molecule is N#Cc1ccc(N2CC(CCN)NC2=O)cc1. The number of nitrogens with zero attached hydrogens (tertiary/aromatic N) is 2. The molecule has 0 saturated carbocycles. The van der Waals surface area contributed by atoms with E-state index in [1.165, 1.54) is 0 Å². The van der Waals surface area contributed by atoms with Gasteiger partial charge in [0.15, 0.2) is 0 Å². The number of anilines is 1. The Morgan fingerprint density at radius 2 is 2.18 bits per heavy atom. The Morgan fingerprint density at radius 1 is 1.47 bits per heavy atom. The third-order valence-electron chi connectivity index (χ3n) is 2.80. The molecule has 3 N–H and O–H groups in total. The molecule has 0 aromatic heterocycles. The standard InChI is InChI=1S/C12H14N4O/c13-6-5-10-8-16(12(17)15-10)11-3-1-9(7-14)2-4-11/h1-4,10H,5-6,8,13H2,(H,15,17). The van der Waals surface area contributed by atoms with E-state index in [9.17, 15) is 4.79 Å². The van der Waals surface area contributed by atoms with E-state index in [2.05, 4.69) is 5.32 Å². The zero-order valence-corrected chi connectivity index (χ0v) is 9.39. The molecule has 1 unspecified atom stereocenters. The molecule has 1 aromatic rings. The summed E-state index contributed by atoms with van der Waals surface area (Å²) in [6, 6.07) is 9.04. The Bertz CT molecular complexity index is 449. The molecule has 1 aliphatic heterocycles. The highest BCUT2D eigenvalue weighted by molar-refractivity contribution is 5.94. The van der Waals surface area contributed by atoms with Gasteiger partial charge in [-0.25, -0.2) is 4.79 Å². The fraction of sp³-hybridized carbons (Fsp3) is 0.333. The lowest BCUT2D eigenvalue weighted by Gasteiger charge is -2.14. The molecule has 2 amide bonds. The van der Waals surface area contributed by atoms with Crippen molar-refractivity contribution in [2.45, 2.75) is 12.5 Å². The number of carbonyl (C=O) groups is 1. The number of hydrogen-bond acceptors (Lipinski definition) is 3. The van der Waals surface area contributed by atoms with Crippen molar-refractivity contribution in [2.24, 2.45) is 5.73 Å². The van der Waals surface area contributed by atoms with Crippen LogP contribution in [0.4, 0.5) is 10.5 Å². The summed E-state index contributed by atoms with van der Waals surface area (Å²) < 4.78 is 0. The van der Waals surface area contributed by atoms with Crippen LogP contribution in [0.2, 0.25) is 0 Å². The molecule has 0 radical (unpaired) electrons. The van der Waals surface area contributed by atoms with Crippen molar-refractivity contribution in [1.29, 1.82) is 5.26 Å². The highest BCUT2D eigenvalue weighted by atomic mass is 16.2. The largest absolute Gasteiger partial charge is 0.333 e. The molecular weight excluding hydrogens is 216 g/mol. The maximum atomic E-state index is 11.7. The van der Waals surface area contributed by atoms with Crippen LogP contribution in [0.25, 0.3) is 0 Å². The van der Waals surface area contributed by atoms with Gasteiger partial charge in [0.05, 0.1) is 11.6 Å². The zero-order chi connectivity index (χ0) is 12.3. The number of rotatable bonds is 3. The fourth-order valence-electron chi connectivity index (χ4n) is 1.90. The van der Waals surface area contributed by atoms with Crippen molar-refractivity contribution in [1.82, 2.24) is 5.32 Å². The average Bonchev–Trinajstić information content (AvgIpc) is 2.71. The van der Waals surface area contributed by atoms with E-state index in [1.54, 1.807) is 29.2 Å². The Labute approximate surface area is 99.8 Å². The molecule has 1 aliphatic rings. The number of nitrogens with one attached hydrogen (secondary N) is 1. The molecule has 1 heterocycles. The summed E-state index contributed by atoms with van der Waals surface area (Å²) in [5.74, 6) is 0. The first-order valence-corrected chi connectivity index (χ1v) is 5.53. The van der Waals surface area contributed by atoms with Gasteiger partial charge in [-0.05, 0) is 37.2 Å². The summed E-state index contributed by atoms with van der Waals surface area (Å²) in [7, 11) is 0. The van der Waals surface area contributed by atoms with Crippen LogP contribution in [0.1, 0.15) is 12.0 Å². The van der Waals surface area contributed by atoms with Gasteiger partial charge in [0, 0.05) is 18.3 Å². The van der Waals surface area contributed by atoms with Crippen LogP contribution in [0, 0.1) is 11.3 Å². The van der Waals surface area contributed by atoms with Crippen molar-refractivity contribution in [3.8, 4) is 6.07 Å². The minimum atomic E-state index is -0.104. The predicted molar refractivity (Wildman–Crippen MR) is 64.5 cm³/mol. The molecule has 0 spiro atoms. The van der Waals surface area contributed by atoms with E-state index in [0.29, 0.717) is 18.7 Å². The molecule has 2 rings (SSSR count). The second-order valence-corrected chi connectivity index (χ2v) is 3.99. The van der Waals surface area contributed by atoms with Crippen LogP contribution < -0.4 is 16.0 Å². The van der Waals surface area contributed by atoms with Gasteiger partial charge < -0.3 is 11.1 Å².